The summed E-state index contributed by atoms with van der Waals surface area (Å²) in [5, 5.41) is 0. The van der Waals surface area contributed by atoms with E-state index in [1.54, 1.807) is 0 Å². The zero-order chi connectivity index (χ0) is 23.8. The van der Waals surface area contributed by atoms with E-state index in [-0.39, 0.29) is 6.61 Å². The Morgan fingerprint density at radius 2 is 1.34 bits per heavy atom. The van der Waals surface area contributed by atoms with Gasteiger partial charge in [-0.15, -0.1) is 0 Å². The first-order chi connectivity index (χ1) is 15.1. The normalized spacial score (nSPS) is 24.8. The third-order valence-electron chi connectivity index (χ3n) is 4.21. The Morgan fingerprint density at radius 1 is 0.812 bits per heavy atom. The van der Waals surface area contributed by atoms with Crippen LogP contribution in [0.4, 0.5) is 0 Å². The topological polar surface area (TPSA) is 114 Å². The average molecular weight is 487 g/mol. The van der Waals surface area contributed by atoms with Crippen molar-refractivity contribution in [1.29, 1.82) is 0 Å². The summed E-state index contributed by atoms with van der Waals surface area (Å²) < 4.78 is 27.3. The standard InChI is InChI=1S/C21H26O9S2/c1-11-6-8-16(9-7-11)31-32-21-20(29-15(5)25)19(28-14(4)24)18(27-13(3)23)17(30-21)10-26-12(2)22/h6-9,17-21H,10H2,1-5H3/t17-,18-,19+,20-,21+/m1/s1. The number of benzene rings is 1. The Labute approximate surface area is 194 Å². The maximum atomic E-state index is 11.8. The predicted molar refractivity (Wildman–Crippen MR) is 117 cm³/mol. The van der Waals surface area contributed by atoms with E-state index in [4.69, 9.17) is 23.7 Å². The SMILES string of the molecule is CC(=O)OC[C@H]1O[C@@H](SSc2ccc(C)cc2)[C@H](OC(C)=O)[C@@H](OC(C)=O)[C@@H]1OC(C)=O. The zero-order valence-corrected chi connectivity index (χ0v) is 20.0. The molecule has 9 nitrogen and oxygen atoms in total. The Morgan fingerprint density at radius 3 is 1.88 bits per heavy atom. The minimum absolute atomic E-state index is 0.246. The molecule has 0 spiro atoms. The van der Waals surface area contributed by atoms with Crippen LogP contribution in [-0.2, 0) is 42.9 Å². The van der Waals surface area contributed by atoms with Crippen molar-refractivity contribution >= 4 is 45.5 Å². The highest BCUT2D eigenvalue weighted by Crippen LogP contribution is 2.42. The highest BCUT2D eigenvalue weighted by molar-refractivity contribution is 8.76. The second-order valence-corrected chi connectivity index (χ2v) is 9.43. The second-order valence-electron chi connectivity index (χ2n) is 7.06. The first kappa shape index (κ1) is 26.0. The molecule has 0 saturated carbocycles. The van der Waals surface area contributed by atoms with E-state index in [1.807, 2.05) is 31.2 Å². The van der Waals surface area contributed by atoms with Crippen LogP contribution in [0, 0.1) is 6.92 Å². The molecule has 0 bridgehead atoms. The molecule has 1 aromatic carbocycles. The number of ether oxygens (including phenoxy) is 5. The summed E-state index contributed by atoms with van der Waals surface area (Å²) in [6, 6.07) is 7.77. The molecule has 5 atom stereocenters. The molecule has 32 heavy (non-hydrogen) atoms. The summed E-state index contributed by atoms with van der Waals surface area (Å²) in [6.07, 6.45) is -4.33. The number of esters is 4. The van der Waals surface area contributed by atoms with Crippen molar-refractivity contribution in [2.24, 2.45) is 0 Å². The number of carbonyl (C=O) groups excluding carboxylic acids is 4. The van der Waals surface area contributed by atoms with E-state index in [0.29, 0.717) is 0 Å². The van der Waals surface area contributed by atoms with Gasteiger partial charge in [-0.25, -0.2) is 0 Å². The largest absolute Gasteiger partial charge is 0.463 e. The maximum absolute atomic E-state index is 11.8. The van der Waals surface area contributed by atoms with E-state index >= 15 is 0 Å². The van der Waals surface area contributed by atoms with Crippen molar-refractivity contribution < 1.29 is 42.9 Å². The van der Waals surface area contributed by atoms with Gasteiger partial charge in [0.05, 0.1) is 0 Å². The van der Waals surface area contributed by atoms with Gasteiger partial charge in [0.15, 0.2) is 23.7 Å². The molecule has 1 aliphatic rings. The molecule has 176 valence electrons. The fraction of sp³-hybridized carbons (Fsp3) is 0.524. The molecule has 11 heteroatoms. The zero-order valence-electron chi connectivity index (χ0n) is 18.4. The second kappa shape index (κ2) is 12.1. The van der Waals surface area contributed by atoms with Gasteiger partial charge in [-0.1, -0.05) is 39.3 Å². The number of carbonyl (C=O) groups is 4. The fourth-order valence-corrected chi connectivity index (χ4v) is 5.34. The predicted octanol–water partition coefficient (Wildman–Crippen LogP) is 2.82. The monoisotopic (exact) mass is 486 g/mol. The molecule has 0 radical (unpaired) electrons. The number of rotatable bonds is 8. The van der Waals surface area contributed by atoms with Crippen molar-refractivity contribution in [2.75, 3.05) is 6.61 Å². The maximum Gasteiger partial charge on any atom is 0.303 e. The Hall–Kier alpha value is -2.24. The highest BCUT2D eigenvalue weighted by atomic mass is 33.1. The van der Waals surface area contributed by atoms with Gasteiger partial charge in [-0.05, 0) is 19.1 Å². The van der Waals surface area contributed by atoms with Crippen LogP contribution in [0.3, 0.4) is 0 Å². The lowest BCUT2D eigenvalue weighted by atomic mass is 9.99. The number of hydrogen-bond acceptors (Lipinski definition) is 11. The fourth-order valence-electron chi connectivity index (χ4n) is 2.96. The van der Waals surface area contributed by atoms with Crippen LogP contribution in [0.15, 0.2) is 29.2 Å². The smallest absolute Gasteiger partial charge is 0.303 e. The third kappa shape index (κ3) is 8.03. The van der Waals surface area contributed by atoms with Crippen molar-refractivity contribution in [3.63, 3.8) is 0 Å². The molecule has 0 unspecified atom stereocenters. The Bertz CT molecular complexity index is 827. The van der Waals surface area contributed by atoms with E-state index in [9.17, 15) is 19.2 Å². The first-order valence-corrected chi connectivity index (χ1v) is 12.0. The van der Waals surface area contributed by atoms with Crippen molar-refractivity contribution in [3.8, 4) is 0 Å². The molecule has 1 fully saturated rings. The summed E-state index contributed by atoms with van der Waals surface area (Å²) in [5.41, 5.74) is 0.286. The Balaban J connectivity index is 2.35. The van der Waals surface area contributed by atoms with Gasteiger partial charge in [0.25, 0.3) is 0 Å². The molecule has 0 aromatic heterocycles. The average Bonchev–Trinajstić information content (AvgIpc) is 2.69. The molecule has 0 amide bonds. The molecule has 1 aliphatic heterocycles. The van der Waals surface area contributed by atoms with Gasteiger partial charge >= 0.3 is 23.9 Å². The number of aryl methyl sites for hydroxylation is 1. The molecule has 2 rings (SSSR count). The van der Waals surface area contributed by atoms with E-state index in [2.05, 4.69) is 0 Å². The van der Waals surface area contributed by atoms with Gasteiger partial charge in [0.2, 0.25) is 0 Å². The van der Waals surface area contributed by atoms with Crippen LogP contribution in [0.5, 0.6) is 0 Å². The van der Waals surface area contributed by atoms with Crippen LogP contribution < -0.4 is 0 Å². The summed E-state index contributed by atoms with van der Waals surface area (Å²) in [6.45, 7) is 6.54. The van der Waals surface area contributed by atoms with Gasteiger partial charge in [0.1, 0.15) is 12.7 Å². The Kier molecular flexibility index (Phi) is 9.85. The van der Waals surface area contributed by atoms with Crippen LogP contribution in [0.2, 0.25) is 0 Å². The molecule has 1 heterocycles. The molecular formula is C21H26O9S2. The highest BCUT2D eigenvalue weighted by Gasteiger charge is 2.52. The quantitative estimate of drug-likeness (QED) is 0.307. The van der Waals surface area contributed by atoms with E-state index in [1.165, 1.54) is 49.3 Å². The van der Waals surface area contributed by atoms with E-state index < -0.39 is 53.7 Å². The molecule has 0 aliphatic carbocycles. The summed E-state index contributed by atoms with van der Waals surface area (Å²) in [7, 11) is 2.61. The molecular weight excluding hydrogens is 460 g/mol. The molecule has 1 aromatic rings. The van der Waals surface area contributed by atoms with Gasteiger partial charge in [0, 0.05) is 32.6 Å². The van der Waals surface area contributed by atoms with Crippen LogP contribution in [-0.4, -0.2) is 60.3 Å². The van der Waals surface area contributed by atoms with Crippen molar-refractivity contribution in [3.05, 3.63) is 29.8 Å². The summed E-state index contributed by atoms with van der Waals surface area (Å²) >= 11 is 0. The van der Waals surface area contributed by atoms with Crippen LogP contribution in [0.1, 0.15) is 33.3 Å². The molecule has 0 N–H and O–H groups in total. The van der Waals surface area contributed by atoms with Crippen molar-refractivity contribution in [1.82, 2.24) is 0 Å². The number of hydrogen-bond donors (Lipinski definition) is 0. The third-order valence-corrected chi connectivity index (χ3v) is 6.77. The summed E-state index contributed by atoms with van der Waals surface area (Å²) in [5.74, 6) is -2.50. The first-order valence-electron chi connectivity index (χ1n) is 9.77. The van der Waals surface area contributed by atoms with Crippen LogP contribution in [0.25, 0.3) is 0 Å². The van der Waals surface area contributed by atoms with Crippen LogP contribution >= 0.6 is 21.6 Å². The van der Waals surface area contributed by atoms with Gasteiger partial charge in [-0.2, -0.15) is 0 Å². The lowest BCUT2D eigenvalue weighted by Gasteiger charge is -2.43. The van der Waals surface area contributed by atoms with E-state index in [0.717, 1.165) is 10.5 Å². The lowest BCUT2D eigenvalue weighted by Crippen LogP contribution is -2.61. The van der Waals surface area contributed by atoms with Gasteiger partial charge in [-0.3, -0.25) is 19.2 Å². The summed E-state index contributed by atoms with van der Waals surface area (Å²) in [4.78, 5) is 47.7. The molecule has 1 saturated heterocycles. The van der Waals surface area contributed by atoms with Crippen molar-refractivity contribution in [2.45, 2.75) is 69.4 Å². The minimum atomic E-state index is -1.16. The van der Waals surface area contributed by atoms with Gasteiger partial charge < -0.3 is 23.7 Å². The lowest BCUT2D eigenvalue weighted by molar-refractivity contribution is -0.237. The minimum Gasteiger partial charge on any atom is -0.463 e.